The van der Waals surface area contributed by atoms with Crippen LogP contribution in [0.1, 0.15) is 11.1 Å². The fraction of sp³-hybridized carbons (Fsp3) is 0.154. The van der Waals surface area contributed by atoms with Gasteiger partial charge in [0.1, 0.15) is 0 Å². The Balaban J connectivity index is 2.32. The van der Waals surface area contributed by atoms with Crippen LogP contribution in [0.2, 0.25) is 0 Å². The van der Waals surface area contributed by atoms with Crippen molar-refractivity contribution in [2.75, 3.05) is 0 Å². The smallest absolute Gasteiger partial charge is 0.338 e. The van der Waals surface area contributed by atoms with Gasteiger partial charge in [0.15, 0.2) is 0 Å². The van der Waals surface area contributed by atoms with Crippen LogP contribution in [-0.2, 0) is 6.54 Å². The van der Waals surface area contributed by atoms with Crippen molar-refractivity contribution in [3.8, 4) is 0 Å². The van der Waals surface area contributed by atoms with Crippen LogP contribution < -0.4 is 5.73 Å². The lowest BCUT2D eigenvalue weighted by Gasteiger charge is -2.12. The number of carbonyl (C=O) groups is 1. The summed E-state index contributed by atoms with van der Waals surface area (Å²) < 4.78 is 0. The first kappa shape index (κ1) is 11.4. The van der Waals surface area contributed by atoms with Crippen LogP contribution in [0.25, 0.3) is 10.8 Å². The number of primary amides is 1. The zero-order valence-electron chi connectivity index (χ0n) is 9.55. The largest absolute Gasteiger partial charge is 0.350 e. The van der Waals surface area contributed by atoms with Gasteiger partial charge in [-0.05, 0) is 29.3 Å². The lowest BCUT2D eigenvalue weighted by molar-refractivity contribution is -0.0470. The molecule has 0 fully saturated rings. The Kier molecular flexibility index (Phi) is 2.97. The summed E-state index contributed by atoms with van der Waals surface area (Å²) in [6.45, 7) is 2.13. The van der Waals surface area contributed by atoms with E-state index in [-0.39, 0.29) is 6.54 Å². The summed E-state index contributed by atoms with van der Waals surface area (Å²) in [6, 6.07) is 11.0. The van der Waals surface area contributed by atoms with Gasteiger partial charge in [0.05, 0.1) is 6.54 Å². The van der Waals surface area contributed by atoms with E-state index in [9.17, 15) is 10.0 Å². The van der Waals surface area contributed by atoms with Crippen molar-refractivity contribution in [2.45, 2.75) is 13.5 Å². The molecule has 2 amide bonds. The summed E-state index contributed by atoms with van der Waals surface area (Å²) in [6.07, 6.45) is 0. The second-order valence-corrected chi connectivity index (χ2v) is 4.08. The molecule has 2 aromatic rings. The first-order valence-electron chi connectivity index (χ1n) is 5.31. The standard InChI is InChI=1S/C13H14N2O2/c1-9-2-4-12-7-10(3-5-11(12)6-9)8-15(17)13(14)16/h2-7,17H,8H2,1H3,(H2,14,16). The summed E-state index contributed by atoms with van der Waals surface area (Å²) in [5.74, 6) is 0. The minimum atomic E-state index is -0.853. The number of hydrogen-bond acceptors (Lipinski definition) is 2. The van der Waals surface area contributed by atoms with Gasteiger partial charge in [-0.3, -0.25) is 5.21 Å². The molecular weight excluding hydrogens is 216 g/mol. The zero-order valence-corrected chi connectivity index (χ0v) is 9.55. The minimum Gasteiger partial charge on any atom is -0.350 e. The van der Waals surface area contributed by atoms with Gasteiger partial charge in [-0.1, -0.05) is 35.9 Å². The number of rotatable bonds is 2. The highest BCUT2D eigenvalue weighted by Gasteiger charge is 2.06. The molecule has 17 heavy (non-hydrogen) atoms. The third-order valence-electron chi connectivity index (χ3n) is 2.65. The molecule has 0 radical (unpaired) electrons. The van der Waals surface area contributed by atoms with E-state index in [1.807, 2.05) is 37.3 Å². The lowest BCUT2D eigenvalue weighted by atomic mass is 10.0. The van der Waals surface area contributed by atoms with Gasteiger partial charge in [0.25, 0.3) is 0 Å². The van der Waals surface area contributed by atoms with E-state index in [4.69, 9.17) is 5.73 Å². The molecule has 3 N–H and O–H groups in total. The van der Waals surface area contributed by atoms with E-state index >= 15 is 0 Å². The second kappa shape index (κ2) is 4.43. The number of urea groups is 1. The molecule has 0 aliphatic heterocycles. The molecular formula is C13H14N2O2. The number of hydrogen-bond donors (Lipinski definition) is 2. The average molecular weight is 230 g/mol. The highest BCUT2D eigenvalue weighted by atomic mass is 16.5. The van der Waals surface area contributed by atoms with Crippen molar-refractivity contribution in [2.24, 2.45) is 5.73 Å². The Morgan fingerprint density at radius 3 is 2.59 bits per heavy atom. The fourth-order valence-corrected chi connectivity index (χ4v) is 1.76. The van der Waals surface area contributed by atoms with Gasteiger partial charge < -0.3 is 5.73 Å². The van der Waals surface area contributed by atoms with Crippen molar-refractivity contribution in [3.63, 3.8) is 0 Å². The van der Waals surface area contributed by atoms with Crippen LogP contribution in [0.3, 0.4) is 0 Å². The topological polar surface area (TPSA) is 66.6 Å². The Hall–Kier alpha value is -2.07. The van der Waals surface area contributed by atoms with Gasteiger partial charge in [0, 0.05) is 0 Å². The second-order valence-electron chi connectivity index (χ2n) is 4.08. The molecule has 0 aromatic heterocycles. The fourth-order valence-electron chi connectivity index (χ4n) is 1.76. The average Bonchev–Trinajstić information content (AvgIpc) is 2.29. The van der Waals surface area contributed by atoms with Crippen LogP contribution in [0.15, 0.2) is 36.4 Å². The van der Waals surface area contributed by atoms with E-state index < -0.39 is 6.03 Å². The molecule has 0 aliphatic carbocycles. The van der Waals surface area contributed by atoms with Crippen molar-refractivity contribution < 1.29 is 10.0 Å². The predicted octanol–water partition coefficient (Wildman–Crippen LogP) is 2.42. The summed E-state index contributed by atoms with van der Waals surface area (Å²) in [5.41, 5.74) is 6.99. The molecule has 0 unspecified atom stereocenters. The van der Waals surface area contributed by atoms with E-state index in [1.165, 1.54) is 5.56 Å². The zero-order chi connectivity index (χ0) is 12.4. The van der Waals surface area contributed by atoms with E-state index in [0.29, 0.717) is 5.06 Å². The third kappa shape index (κ3) is 2.54. The lowest BCUT2D eigenvalue weighted by Crippen LogP contribution is -2.31. The molecule has 0 bridgehead atoms. The molecule has 88 valence electrons. The number of fused-ring (bicyclic) bond motifs is 1. The highest BCUT2D eigenvalue weighted by molar-refractivity contribution is 5.83. The summed E-state index contributed by atoms with van der Waals surface area (Å²) in [5, 5.41) is 12.0. The highest BCUT2D eigenvalue weighted by Crippen LogP contribution is 2.18. The summed E-state index contributed by atoms with van der Waals surface area (Å²) in [7, 11) is 0. The minimum absolute atomic E-state index is 0.0964. The number of amides is 2. The number of nitrogens with zero attached hydrogens (tertiary/aromatic N) is 1. The normalized spacial score (nSPS) is 10.5. The van der Waals surface area contributed by atoms with Gasteiger partial charge in [0.2, 0.25) is 0 Å². The summed E-state index contributed by atoms with van der Waals surface area (Å²) in [4.78, 5) is 10.7. The molecule has 0 saturated carbocycles. The molecule has 4 nitrogen and oxygen atoms in total. The van der Waals surface area contributed by atoms with Crippen molar-refractivity contribution in [1.29, 1.82) is 0 Å². The van der Waals surface area contributed by atoms with Crippen LogP contribution in [0, 0.1) is 6.92 Å². The third-order valence-corrected chi connectivity index (χ3v) is 2.65. The Morgan fingerprint density at radius 2 is 1.88 bits per heavy atom. The maximum absolute atomic E-state index is 10.7. The van der Waals surface area contributed by atoms with Crippen molar-refractivity contribution >= 4 is 16.8 Å². The Morgan fingerprint density at radius 1 is 1.24 bits per heavy atom. The van der Waals surface area contributed by atoms with E-state index in [2.05, 4.69) is 6.07 Å². The molecule has 0 aliphatic rings. The molecule has 4 heteroatoms. The number of nitrogens with two attached hydrogens (primary N) is 1. The van der Waals surface area contributed by atoms with Gasteiger partial charge in [-0.25, -0.2) is 9.86 Å². The first-order chi connectivity index (χ1) is 8.06. The van der Waals surface area contributed by atoms with Crippen LogP contribution in [0.4, 0.5) is 4.79 Å². The van der Waals surface area contributed by atoms with Crippen LogP contribution in [-0.4, -0.2) is 16.3 Å². The maximum atomic E-state index is 10.7. The summed E-state index contributed by atoms with van der Waals surface area (Å²) >= 11 is 0. The maximum Gasteiger partial charge on any atom is 0.338 e. The molecule has 0 saturated heterocycles. The number of carbonyl (C=O) groups excluding carboxylic acids is 1. The van der Waals surface area contributed by atoms with Gasteiger partial charge in [-0.2, -0.15) is 0 Å². The molecule has 2 aromatic carbocycles. The molecule has 0 spiro atoms. The molecule has 0 atom stereocenters. The van der Waals surface area contributed by atoms with Crippen molar-refractivity contribution in [3.05, 3.63) is 47.5 Å². The SMILES string of the molecule is Cc1ccc2cc(CN(O)C(N)=O)ccc2c1. The van der Waals surface area contributed by atoms with Crippen LogP contribution >= 0.6 is 0 Å². The Bertz CT molecular complexity index is 566. The number of benzene rings is 2. The number of hydroxylamine groups is 2. The van der Waals surface area contributed by atoms with E-state index in [1.54, 1.807) is 0 Å². The van der Waals surface area contributed by atoms with Gasteiger partial charge in [-0.15, -0.1) is 0 Å². The van der Waals surface area contributed by atoms with Crippen molar-refractivity contribution in [1.82, 2.24) is 5.06 Å². The quantitative estimate of drug-likeness (QED) is 0.614. The van der Waals surface area contributed by atoms with Gasteiger partial charge >= 0.3 is 6.03 Å². The first-order valence-corrected chi connectivity index (χ1v) is 5.31. The molecule has 0 heterocycles. The molecule has 2 rings (SSSR count). The predicted molar refractivity (Wildman–Crippen MR) is 65.6 cm³/mol. The van der Waals surface area contributed by atoms with E-state index in [0.717, 1.165) is 16.3 Å². The van der Waals surface area contributed by atoms with Crippen LogP contribution in [0.5, 0.6) is 0 Å². The Labute approximate surface area is 99.2 Å². The number of aryl methyl sites for hydroxylation is 1. The monoisotopic (exact) mass is 230 g/mol.